The molecule has 0 bridgehead atoms. The Morgan fingerprint density at radius 3 is 2.75 bits per heavy atom. The summed E-state index contributed by atoms with van der Waals surface area (Å²) in [6.45, 7) is 0. The van der Waals surface area contributed by atoms with Crippen LogP contribution in [0.25, 0.3) is 22.0 Å². The molecule has 1 heterocycles. The summed E-state index contributed by atoms with van der Waals surface area (Å²) >= 11 is 11.7. The number of benzene rings is 2. The van der Waals surface area contributed by atoms with E-state index in [0.29, 0.717) is 0 Å². The minimum absolute atomic E-state index is 0.00910. The smallest absolute Gasteiger partial charge is 0.152 e. The van der Waals surface area contributed by atoms with Gasteiger partial charge < -0.3 is 4.74 Å². The van der Waals surface area contributed by atoms with E-state index in [1.54, 1.807) is 6.07 Å². The van der Waals surface area contributed by atoms with Gasteiger partial charge >= 0.3 is 0 Å². The molecule has 3 rings (SSSR count). The molecule has 0 aliphatic rings. The van der Waals surface area contributed by atoms with Crippen LogP contribution in [0.1, 0.15) is 9.68 Å². The van der Waals surface area contributed by atoms with E-state index in [1.807, 2.05) is 0 Å². The number of ether oxygens (including phenoxy) is 1. The van der Waals surface area contributed by atoms with Crippen LogP contribution in [-0.4, -0.2) is 17.0 Å². The van der Waals surface area contributed by atoms with E-state index in [2.05, 4.69) is 9.97 Å². The fraction of sp³-hybridized carbons (Fsp3) is 0.0625. The second kappa shape index (κ2) is 6.19. The molecule has 0 fully saturated rings. The molecule has 0 aliphatic heterocycles. The number of hydrogen-bond donors (Lipinski definition) is 0. The van der Waals surface area contributed by atoms with Gasteiger partial charge in [0.05, 0.1) is 27.6 Å². The summed E-state index contributed by atoms with van der Waals surface area (Å²) in [7, 11) is -2.89. The molecule has 4 nitrogen and oxygen atoms in total. The zero-order valence-corrected chi connectivity index (χ0v) is 13.1. The van der Waals surface area contributed by atoms with Gasteiger partial charge in [0.2, 0.25) is 0 Å². The molecule has 0 unspecified atom stereocenters. The third-order valence-electron chi connectivity index (χ3n) is 3.36. The number of methoxy groups -OCH3 is 1. The zero-order valence-electron chi connectivity index (χ0n) is 14.6. The average Bonchev–Trinajstić information content (AvgIpc) is 2.59. The number of rotatable bonds is 2. The molecule has 0 aliphatic carbocycles. The van der Waals surface area contributed by atoms with Crippen LogP contribution in [0.3, 0.4) is 0 Å². The van der Waals surface area contributed by atoms with Crippen LogP contribution in [0.2, 0.25) is 10.2 Å². The number of nitrogens with zero attached hydrogens (tertiary/aromatic N) is 3. The Balaban J connectivity index is 2.44. The van der Waals surface area contributed by atoms with Crippen LogP contribution in [0.15, 0.2) is 24.5 Å². The van der Waals surface area contributed by atoms with Gasteiger partial charge in [0.15, 0.2) is 5.82 Å². The van der Waals surface area contributed by atoms with Gasteiger partial charge in [-0.05, 0) is 18.2 Å². The standard InChI is InChI=1S/C16H7Cl2F2N3O/c1-24-15-7(5-21)4-9(14-11(15)16(18)23-6-22-14)8-2-3-10(19)12(17)13(8)20/h2-4,6H,1H3/i1D3. The Labute approximate surface area is 149 Å². The monoisotopic (exact) mass is 368 g/mol. The zero-order chi connectivity index (χ0) is 19.9. The normalized spacial score (nSPS) is 13.0. The van der Waals surface area contributed by atoms with Gasteiger partial charge in [0.25, 0.3) is 0 Å². The molecule has 0 radical (unpaired) electrons. The Morgan fingerprint density at radius 1 is 1.25 bits per heavy atom. The maximum atomic E-state index is 14.5. The first kappa shape index (κ1) is 12.9. The molecule has 0 saturated heterocycles. The van der Waals surface area contributed by atoms with Crippen molar-refractivity contribution in [3.8, 4) is 22.9 Å². The topological polar surface area (TPSA) is 58.8 Å². The summed E-state index contributed by atoms with van der Waals surface area (Å²) in [5, 5.41) is 8.40. The summed E-state index contributed by atoms with van der Waals surface area (Å²) in [5.41, 5.74) is -0.346. The number of halogens is 4. The van der Waals surface area contributed by atoms with Crippen LogP contribution in [0.5, 0.6) is 5.75 Å². The molecule has 0 atom stereocenters. The summed E-state index contributed by atoms with van der Waals surface area (Å²) in [4.78, 5) is 7.77. The molecule has 0 spiro atoms. The first-order valence-electron chi connectivity index (χ1n) is 7.84. The molecular weight excluding hydrogens is 359 g/mol. The SMILES string of the molecule is [2H]C([2H])([2H])Oc1c(C#N)cc(-c2ccc(F)c(Cl)c2F)c2ncnc(Cl)c12. The second-order valence-corrected chi connectivity index (χ2v) is 5.36. The van der Waals surface area contributed by atoms with Crippen molar-refractivity contribution in [2.45, 2.75) is 0 Å². The number of nitriles is 1. The van der Waals surface area contributed by atoms with E-state index in [0.717, 1.165) is 18.5 Å². The first-order chi connectivity index (χ1) is 12.6. The van der Waals surface area contributed by atoms with Crippen LogP contribution in [0.4, 0.5) is 8.78 Å². The van der Waals surface area contributed by atoms with Gasteiger partial charge in [-0.3, -0.25) is 0 Å². The van der Waals surface area contributed by atoms with E-state index in [1.165, 1.54) is 6.07 Å². The van der Waals surface area contributed by atoms with Crippen LogP contribution >= 0.6 is 23.2 Å². The molecule has 120 valence electrons. The van der Waals surface area contributed by atoms with Gasteiger partial charge in [-0.2, -0.15) is 5.26 Å². The van der Waals surface area contributed by atoms with E-state index in [9.17, 15) is 14.0 Å². The summed E-state index contributed by atoms with van der Waals surface area (Å²) in [6.07, 6.45) is 1.07. The van der Waals surface area contributed by atoms with E-state index < -0.39 is 23.7 Å². The maximum Gasteiger partial charge on any atom is 0.152 e. The lowest BCUT2D eigenvalue weighted by molar-refractivity contribution is 0.418. The minimum Gasteiger partial charge on any atom is -0.495 e. The molecule has 8 heteroatoms. The molecule has 0 amide bonds. The van der Waals surface area contributed by atoms with Gasteiger partial charge in [-0.1, -0.05) is 23.2 Å². The molecule has 2 aromatic carbocycles. The van der Waals surface area contributed by atoms with Crippen molar-refractivity contribution in [2.75, 3.05) is 7.04 Å². The summed E-state index contributed by atoms with van der Waals surface area (Å²) < 4.78 is 54.8. The molecule has 3 aromatic rings. The summed E-state index contributed by atoms with van der Waals surface area (Å²) in [5.74, 6) is -2.39. The fourth-order valence-electron chi connectivity index (χ4n) is 2.31. The Bertz CT molecular complexity index is 1120. The van der Waals surface area contributed by atoms with Crippen LogP contribution in [-0.2, 0) is 0 Å². The van der Waals surface area contributed by atoms with Crippen LogP contribution in [0, 0.1) is 23.0 Å². The van der Waals surface area contributed by atoms with Crippen molar-refractivity contribution in [1.29, 1.82) is 5.26 Å². The largest absolute Gasteiger partial charge is 0.495 e. The second-order valence-electron chi connectivity index (χ2n) is 4.63. The molecule has 1 aromatic heterocycles. The Morgan fingerprint density at radius 2 is 2.04 bits per heavy atom. The average molecular weight is 369 g/mol. The highest BCUT2D eigenvalue weighted by molar-refractivity contribution is 6.35. The molecule has 24 heavy (non-hydrogen) atoms. The van der Waals surface area contributed by atoms with Crippen molar-refractivity contribution in [3.63, 3.8) is 0 Å². The number of hydrogen-bond acceptors (Lipinski definition) is 4. The van der Waals surface area contributed by atoms with Crippen molar-refractivity contribution >= 4 is 34.1 Å². The lowest BCUT2D eigenvalue weighted by atomic mass is 9.98. The summed E-state index contributed by atoms with van der Waals surface area (Å²) in [6, 6.07) is 5.01. The highest BCUT2D eigenvalue weighted by Crippen LogP contribution is 2.40. The number of aromatic nitrogens is 2. The van der Waals surface area contributed by atoms with Gasteiger partial charge in [-0.25, -0.2) is 18.7 Å². The third-order valence-corrected chi connectivity index (χ3v) is 4.00. The Hall–Kier alpha value is -2.49. The van der Waals surface area contributed by atoms with Gasteiger partial charge in [-0.15, -0.1) is 0 Å². The minimum atomic E-state index is -2.89. The van der Waals surface area contributed by atoms with E-state index in [4.69, 9.17) is 32.1 Å². The quantitative estimate of drug-likeness (QED) is 0.483. The molecule has 0 saturated carbocycles. The third kappa shape index (κ3) is 2.42. The van der Waals surface area contributed by atoms with E-state index >= 15 is 0 Å². The van der Waals surface area contributed by atoms with Gasteiger partial charge in [0, 0.05) is 11.1 Å². The highest BCUT2D eigenvalue weighted by atomic mass is 35.5. The predicted molar refractivity (Wildman–Crippen MR) is 86.2 cm³/mol. The first-order valence-corrected chi connectivity index (χ1v) is 7.10. The lowest BCUT2D eigenvalue weighted by Crippen LogP contribution is -1.98. The van der Waals surface area contributed by atoms with Crippen molar-refractivity contribution in [3.05, 3.63) is 51.9 Å². The number of fused-ring (bicyclic) bond motifs is 1. The fourth-order valence-corrected chi connectivity index (χ4v) is 2.69. The van der Waals surface area contributed by atoms with Gasteiger partial charge in [0.1, 0.15) is 34.1 Å². The highest BCUT2D eigenvalue weighted by Gasteiger charge is 2.21. The van der Waals surface area contributed by atoms with Crippen molar-refractivity contribution in [1.82, 2.24) is 9.97 Å². The Kier molecular flexibility index (Phi) is 3.32. The van der Waals surface area contributed by atoms with E-state index in [-0.39, 0.29) is 38.5 Å². The molecule has 0 N–H and O–H groups in total. The predicted octanol–water partition coefficient (Wildman–Crippen LogP) is 4.76. The van der Waals surface area contributed by atoms with Crippen molar-refractivity contribution in [2.24, 2.45) is 0 Å². The van der Waals surface area contributed by atoms with Crippen molar-refractivity contribution < 1.29 is 17.6 Å². The maximum absolute atomic E-state index is 14.5. The van der Waals surface area contributed by atoms with Crippen LogP contribution < -0.4 is 4.74 Å². The lowest BCUT2D eigenvalue weighted by Gasteiger charge is -2.13. The molecular formula is C16H7Cl2F2N3O.